The Hall–Kier alpha value is -2.93. The molecule has 0 spiro atoms. The van der Waals surface area contributed by atoms with Gasteiger partial charge in [-0.1, -0.05) is 78.9 Å². The summed E-state index contributed by atoms with van der Waals surface area (Å²) in [6.07, 6.45) is 1.30. The van der Waals surface area contributed by atoms with Crippen molar-refractivity contribution >= 4 is 27.3 Å². The third-order valence-electron chi connectivity index (χ3n) is 5.02. The van der Waals surface area contributed by atoms with Crippen LogP contribution in [0.3, 0.4) is 0 Å². The van der Waals surface area contributed by atoms with Crippen LogP contribution in [0.2, 0.25) is 0 Å². The minimum absolute atomic E-state index is 0.206. The molecule has 0 aromatic heterocycles. The van der Waals surface area contributed by atoms with Gasteiger partial charge in [0.1, 0.15) is 0 Å². The lowest BCUT2D eigenvalue weighted by Gasteiger charge is -2.15. The van der Waals surface area contributed by atoms with Crippen molar-refractivity contribution < 1.29 is 4.79 Å². The van der Waals surface area contributed by atoms with Gasteiger partial charge < -0.3 is 0 Å². The lowest BCUT2D eigenvalue weighted by molar-refractivity contribution is 0.0983. The molecule has 0 aliphatic heterocycles. The van der Waals surface area contributed by atoms with Crippen LogP contribution in [0, 0.1) is 6.92 Å². The molecule has 0 aliphatic rings. The van der Waals surface area contributed by atoms with E-state index in [4.69, 9.17) is 0 Å². The molecule has 0 bridgehead atoms. The fraction of sp³-hybridized carbons (Fsp3) is 0.125. The van der Waals surface area contributed by atoms with Crippen molar-refractivity contribution in [2.45, 2.75) is 19.8 Å². The highest BCUT2D eigenvalue weighted by atomic mass is 16.1. The van der Waals surface area contributed by atoms with E-state index in [0.717, 1.165) is 12.0 Å². The van der Waals surface area contributed by atoms with E-state index < -0.39 is 0 Å². The van der Waals surface area contributed by atoms with E-state index in [-0.39, 0.29) is 5.78 Å². The van der Waals surface area contributed by atoms with Gasteiger partial charge in [0, 0.05) is 12.0 Å². The Morgan fingerprint density at radius 3 is 1.88 bits per heavy atom. The van der Waals surface area contributed by atoms with E-state index in [1.54, 1.807) is 0 Å². The van der Waals surface area contributed by atoms with Crippen LogP contribution in [0.25, 0.3) is 21.5 Å². The second-order valence-electron chi connectivity index (χ2n) is 6.48. The van der Waals surface area contributed by atoms with Crippen LogP contribution < -0.4 is 0 Å². The highest BCUT2D eigenvalue weighted by Crippen LogP contribution is 2.33. The fourth-order valence-electron chi connectivity index (χ4n) is 3.72. The molecular formula is C24H20O. The van der Waals surface area contributed by atoms with Crippen molar-refractivity contribution in [3.05, 3.63) is 95.6 Å². The summed E-state index contributed by atoms with van der Waals surface area (Å²) in [6.45, 7) is 2.18. The van der Waals surface area contributed by atoms with Gasteiger partial charge in [0.25, 0.3) is 0 Å². The van der Waals surface area contributed by atoms with Crippen LogP contribution in [0.4, 0.5) is 0 Å². The Morgan fingerprint density at radius 1 is 0.680 bits per heavy atom. The maximum atomic E-state index is 12.5. The van der Waals surface area contributed by atoms with Gasteiger partial charge in [0.15, 0.2) is 5.78 Å². The molecular weight excluding hydrogens is 304 g/mol. The largest absolute Gasteiger partial charge is 0.294 e. The van der Waals surface area contributed by atoms with Gasteiger partial charge in [-0.3, -0.25) is 4.79 Å². The summed E-state index contributed by atoms with van der Waals surface area (Å²) in [5.41, 5.74) is 3.37. The molecule has 0 radical (unpaired) electrons. The Bertz CT molecular complexity index is 1060. The second kappa shape index (κ2) is 6.52. The van der Waals surface area contributed by atoms with Crippen molar-refractivity contribution in [3.63, 3.8) is 0 Å². The Labute approximate surface area is 147 Å². The zero-order valence-electron chi connectivity index (χ0n) is 14.3. The average Bonchev–Trinajstić information content (AvgIpc) is 2.68. The van der Waals surface area contributed by atoms with E-state index in [0.29, 0.717) is 6.42 Å². The molecule has 0 aliphatic carbocycles. The van der Waals surface area contributed by atoms with E-state index >= 15 is 0 Å². The van der Waals surface area contributed by atoms with Gasteiger partial charge in [-0.05, 0) is 46.0 Å². The van der Waals surface area contributed by atoms with Gasteiger partial charge in [-0.25, -0.2) is 0 Å². The molecule has 0 saturated carbocycles. The van der Waals surface area contributed by atoms with Crippen molar-refractivity contribution in [2.75, 3.05) is 0 Å². The van der Waals surface area contributed by atoms with Gasteiger partial charge in [0.2, 0.25) is 0 Å². The van der Waals surface area contributed by atoms with Crippen LogP contribution in [0.5, 0.6) is 0 Å². The molecule has 0 unspecified atom stereocenters. The molecule has 4 aromatic carbocycles. The topological polar surface area (TPSA) is 17.1 Å². The molecule has 122 valence electrons. The van der Waals surface area contributed by atoms with Gasteiger partial charge in [-0.2, -0.15) is 0 Å². The number of aryl methyl sites for hydroxylation is 2. The molecule has 1 heteroatoms. The zero-order chi connectivity index (χ0) is 17.2. The summed E-state index contributed by atoms with van der Waals surface area (Å²) in [4.78, 5) is 12.5. The highest BCUT2D eigenvalue weighted by Gasteiger charge is 2.13. The van der Waals surface area contributed by atoms with E-state index in [2.05, 4.69) is 55.5 Å². The number of benzene rings is 4. The highest BCUT2D eigenvalue weighted by molar-refractivity contribution is 6.10. The normalized spacial score (nSPS) is 11.1. The molecule has 0 amide bonds. The third kappa shape index (κ3) is 2.83. The first-order chi connectivity index (χ1) is 12.3. The minimum atomic E-state index is 0.206. The lowest BCUT2D eigenvalue weighted by atomic mass is 9.89. The predicted octanol–water partition coefficient (Wildman–Crippen LogP) is 6.12. The summed E-state index contributed by atoms with van der Waals surface area (Å²) in [6, 6.07) is 26.6. The molecule has 0 atom stereocenters. The van der Waals surface area contributed by atoms with Crippen LogP contribution in [0.1, 0.15) is 27.9 Å². The first kappa shape index (κ1) is 15.6. The second-order valence-corrected chi connectivity index (χ2v) is 6.48. The Kier molecular flexibility index (Phi) is 4.07. The lowest BCUT2D eigenvalue weighted by Crippen LogP contribution is -2.03. The summed E-state index contributed by atoms with van der Waals surface area (Å²) in [5.74, 6) is 0.206. The minimum Gasteiger partial charge on any atom is -0.294 e. The van der Waals surface area contributed by atoms with E-state index in [1.165, 1.54) is 32.7 Å². The van der Waals surface area contributed by atoms with Crippen molar-refractivity contribution in [2.24, 2.45) is 0 Å². The molecule has 0 fully saturated rings. The number of ketones is 1. The maximum absolute atomic E-state index is 12.5. The van der Waals surface area contributed by atoms with Crippen LogP contribution in [0.15, 0.2) is 78.9 Å². The molecule has 25 heavy (non-hydrogen) atoms. The van der Waals surface area contributed by atoms with Crippen molar-refractivity contribution in [1.82, 2.24) is 0 Å². The van der Waals surface area contributed by atoms with Crippen molar-refractivity contribution in [3.8, 4) is 0 Å². The molecule has 4 rings (SSSR count). The zero-order valence-corrected chi connectivity index (χ0v) is 14.3. The summed E-state index contributed by atoms with van der Waals surface area (Å²) >= 11 is 0. The van der Waals surface area contributed by atoms with Gasteiger partial charge >= 0.3 is 0 Å². The summed E-state index contributed by atoms with van der Waals surface area (Å²) < 4.78 is 0. The van der Waals surface area contributed by atoms with Gasteiger partial charge in [-0.15, -0.1) is 0 Å². The predicted molar refractivity (Wildman–Crippen MR) is 105 cm³/mol. The maximum Gasteiger partial charge on any atom is 0.163 e. The number of carbonyl (C=O) groups is 1. The van der Waals surface area contributed by atoms with Gasteiger partial charge in [0.05, 0.1) is 0 Å². The Balaban J connectivity index is 1.78. The molecule has 0 heterocycles. The summed E-state index contributed by atoms with van der Waals surface area (Å²) in [7, 11) is 0. The fourth-order valence-corrected chi connectivity index (χ4v) is 3.72. The van der Waals surface area contributed by atoms with Crippen molar-refractivity contribution in [1.29, 1.82) is 0 Å². The summed E-state index contributed by atoms with van der Waals surface area (Å²) in [5, 5.41) is 5.10. The van der Waals surface area contributed by atoms with E-state index in [1.807, 2.05) is 30.3 Å². The number of rotatable bonds is 4. The number of hydrogen-bond donors (Lipinski definition) is 0. The number of carbonyl (C=O) groups excluding carboxylic acids is 1. The van der Waals surface area contributed by atoms with Crippen LogP contribution in [-0.4, -0.2) is 5.78 Å². The number of fused-ring (bicyclic) bond motifs is 3. The quantitative estimate of drug-likeness (QED) is 0.326. The average molecular weight is 324 g/mol. The third-order valence-corrected chi connectivity index (χ3v) is 5.02. The number of hydrogen-bond acceptors (Lipinski definition) is 1. The molecule has 1 nitrogen and oxygen atoms in total. The first-order valence-corrected chi connectivity index (χ1v) is 8.73. The molecule has 4 aromatic rings. The van der Waals surface area contributed by atoms with Crippen LogP contribution >= 0.6 is 0 Å². The first-order valence-electron chi connectivity index (χ1n) is 8.73. The van der Waals surface area contributed by atoms with E-state index in [9.17, 15) is 4.79 Å². The number of Topliss-reactive ketones (excluding diaryl/α,β-unsaturated/α-hetero) is 1. The smallest absolute Gasteiger partial charge is 0.163 e. The standard InChI is InChI=1S/C24H20O/c1-17-19-11-5-6-12-21(19)23-14-8-7-13-22(23)20(17)15-16-24(25)18-9-3-2-4-10-18/h2-14H,15-16H2,1H3. The Morgan fingerprint density at radius 2 is 1.20 bits per heavy atom. The molecule has 0 N–H and O–H groups in total. The SMILES string of the molecule is Cc1c(CCC(=O)c2ccccc2)c2ccccc2c2ccccc12. The molecule has 0 saturated heterocycles. The monoisotopic (exact) mass is 324 g/mol. The van der Waals surface area contributed by atoms with Crippen LogP contribution in [-0.2, 0) is 6.42 Å².